The van der Waals surface area contributed by atoms with Crippen molar-refractivity contribution < 1.29 is 4.74 Å². The molecule has 1 unspecified atom stereocenters. The Morgan fingerprint density at radius 1 is 0.364 bits per heavy atom. The summed E-state index contributed by atoms with van der Waals surface area (Å²) in [5, 5.41) is 13.4. The van der Waals surface area contributed by atoms with Gasteiger partial charge in [-0.05, 0) is 175 Å². The van der Waals surface area contributed by atoms with E-state index < -0.39 is 0 Å². The van der Waals surface area contributed by atoms with Crippen molar-refractivity contribution >= 4 is 0 Å². The molecule has 1 atom stereocenters. The van der Waals surface area contributed by atoms with Crippen molar-refractivity contribution in [2.24, 2.45) is 64.6 Å². The van der Waals surface area contributed by atoms with E-state index in [0.717, 1.165) is 77.8 Å². The molecule has 0 amide bonds. The van der Waals surface area contributed by atoms with E-state index in [1.54, 1.807) is 0 Å². The minimum atomic E-state index is 0.792. The van der Waals surface area contributed by atoms with Gasteiger partial charge in [-0.2, -0.15) is 0 Å². The molecular formula is C50H112N4O. The molecule has 1 saturated carbocycles. The molecule has 1 spiro atoms. The maximum atomic E-state index is 5.25. The molecule has 0 aromatic heterocycles. The van der Waals surface area contributed by atoms with Crippen LogP contribution in [0.25, 0.3) is 0 Å². The van der Waals surface area contributed by atoms with Crippen LogP contribution in [0.3, 0.4) is 0 Å². The molecule has 5 saturated heterocycles. The van der Waals surface area contributed by atoms with E-state index in [4.69, 9.17) is 4.74 Å². The topological polar surface area (TPSA) is 57.3 Å². The largest absolute Gasteiger partial charge is 0.381 e. The Morgan fingerprint density at radius 2 is 0.691 bits per heavy atom. The van der Waals surface area contributed by atoms with Gasteiger partial charge in [-0.15, -0.1) is 0 Å². The molecule has 5 heterocycles. The molecule has 6 rings (SSSR count). The molecule has 0 aromatic rings. The summed E-state index contributed by atoms with van der Waals surface area (Å²) in [6.07, 6.45) is 12.6. The van der Waals surface area contributed by atoms with Crippen LogP contribution >= 0.6 is 0 Å². The second-order valence-electron chi connectivity index (χ2n) is 17.3. The van der Waals surface area contributed by atoms with Gasteiger partial charge in [0.25, 0.3) is 0 Å². The highest BCUT2D eigenvalue weighted by Gasteiger charge is 2.45. The summed E-state index contributed by atoms with van der Waals surface area (Å²) in [6.45, 7) is 55.2. The van der Waals surface area contributed by atoms with Gasteiger partial charge in [0.05, 0.1) is 0 Å². The Morgan fingerprint density at radius 3 is 0.945 bits per heavy atom. The third-order valence-corrected chi connectivity index (χ3v) is 12.3. The predicted octanol–water partition coefficient (Wildman–Crippen LogP) is 13.4. The molecule has 6 aliphatic rings. The summed E-state index contributed by atoms with van der Waals surface area (Å²) in [4.78, 5) is 0. The zero-order valence-electron chi connectivity index (χ0n) is 42.1. The molecule has 55 heavy (non-hydrogen) atoms. The molecule has 5 nitrogen and oxygen atoms in total. The maximum Gasteiger partial charge on any atom is 0.0468 e. The van der Waals surface area contributed by atoms with Crippen molar-refractivity contribution in [2.75, 3.05) is 65.6 Å². The molecule has 338 valence electrons. The second kappa shape index (κ2) is 41.9. The molecule has 0 radical (unpaired) electrons. The highest BCUT2D eigenvalue weighted by Crippen LogP contribution is 2.53. The lowest BCUT2D eigenvalue weighted by molar-refractivity contribution is -0.00191. The summed E-state index contributed by atoms with van der Waals surface area (Å²) in [7, 11) is 0. The lowest BCUT2D eigenvalue weighted by atomic mass is 9.55. The van der Waals surface area contributed by atoms with Gasteiger partial charge in [0, 0.05) is 13.2 Å². The standard InChI is InChI=1S/C11H21N.C8H17N.C8H16O.C7H15N.C6H13N.5C2H6/c1-9(2)10-7-11(8-10)3-5-12-6-4-11;2*1-7(2)8-3-5-9-6-4-8;1-6(2)7-3-4-8-5-7;1-5(2)6-3-7-4-6;5*1-2/h9-10,12H,3-8H2,1-2H3;7-9H,3-6H2,1-2H3;7-8H,3-6H2,1-2H3;6-8H,3-5H2,1-2H3;5-7H,3-4H2,1-2H3;5*1-2H3. The van der Waals surface area contributed by atoms with Gasteiger partial charge in [-0.25, -0.2) is 0 Å². The van der Waals surface area contributed by atoms with Crippen LogP contribution in [0, 0.1) is 64.6 Å². The monoisotopic (exact) mass is 785 g/mol. The van der Waals surface area contributed by atoms with Gasteiger partial charge in [-0.3, -0.25) is 0 Å². The Balaban J connectivity index is -0.000000282. The van der Waals surface area contributed by atoms with Gasteiger partial charge in [0.2, 0.25) is 0 Å². The van der Waals surface area contributed by atoms with Crippen LogP contribution in [-0.2, 0) is 4.74 Å². The van der Waals surface area contributed by atoms with Crippen LogP contribution in [-0.4, -0.2) is 65.6 Å². The van der Waals surface area contributed by atoms with Crippen LogP contribution in [0.5, 0.6) is 0 Å². The zero-order valence-corrected chi connectivity index (χ0v) is 42.1. The van der Waals surface area contributed by atoms with Gasteiger partial charge in [0.1, 0.15) is 0 Å². The zero-order chi connectivity index (χ0) is 43.2. The molecule has 6 fully saturated rings. The van der Waals surface area contributed by atoms with E-state index in [2.05, 4.69) is 90.5 Å². The quantitative estimate of drug-likeness (QED) is 0.224. The van der Waals surface area contributed by atoms with Crippen LogP contribution in [0.2, 0.25) is 0 Å². The second-order valence-corrected chi connectivity index (χ2v) is 17.3. The fraction of sp³-hybridized carbons (Fsp3) is 1.00. The normalized spacial score (nSPS) is 21.7. The van der Waals surface area contributed by atoms with Gasteiger partial charge < -0.3 is 26.0 Å². The molecular weight excluding hydrogens is 673 g/mol. The Hall–Kier alpha value is -0.200. The molecule has 5 heteroatoms. The Kier molecular flexibility index (Phi) is 46.9. The summed E-state index contributed by atoms with van der Waals surface area (Å²) < 4.78 is 5.25. The van der Waals surface area contributed by atoms with Crippen molar-refractivity contribution in [3.05, 3.63) is 0 Å². The first kappa shape index (κ1) is 61.5. The molecule has 1 aliphatic carbocycles. The fourth-order valence-corrected chi connectivity index (χ4v) is 7.81. The molecule has 0 aromatic carbocycles. The lowest BCUT2D eigenvalue weighted by Gasteiger charge is -2.52. The first-order valence-corrected chi connectivity index (χ1v) is 24.8. The Labute approximate surface area is 351 Å². The summed E-state index contributed by atoms with van der Waals surface area (Å²) in [5.41, 5.74) is 0.792. The van der Waals surface area contributed by atoms with Crippen LogP contribution in [0.1, 0.15) is 196 Å². The third-order valence-electron chi connectivity index (χ3n) is 12.3. The number of piperidine rings is 2. The average Bonchev–Trinajstić information content (AvgIpc) is 3.75. The van der Waals surface area contributed by atoms with Crippen molar-refractivity contribution in [3.63, 3.8) is 0 Å². The van der Waals surface area contributed by atoms with E-state index in [9.17, 15) is 0 Å². The smallest absolute Gasteiger partial charge is 0.0468 e. The Bertz CT molecular complexity index is 667. The van der Waals surface area contributed by atoms with E-state index in [0.29, 0.717) is 0 Å². The number of hydrogen-bond acceptors (Lipinski definition) is 5. The van der Waals surface area contributed by atoms with Crippen LogP contribution < -0.4 is 21.3 Å². The summed E-state index contributed by atoms with van der Waals surface area (Å²) in [5.74, 6) is 9.33. The average molecular weight is 785 g/mol. The number of hydrogen-bond donors (Lipinski definition) is 4. The minimum absolute atomic E-state index is 0.792. The van der Waals surface area contributed by atoms with Crippen LogP contribution in [0.4, 0.5) is 0 Å². The first-order valence-electron chi connectivity index (χ1n) is 24.8. The van der Waals surface area contributed by atoms with Crippen LogP contribution in [0.15, 0.2) is 0 Å². The molecule has 5 aliphatic heterocycles. The summed E-state index contributed by atoms with van der Waals surface area (Å²) >= 11 is 0. The minimum Gasteiger partial charge on any atom is -0.381 e. The number of ether oxygens (including phenoxy) is 1. The highest BCUT2D eigenvalue weighted by atomic mass is 16.5. The first-order chi connectivity index (χ1) is 26.4. The maximum absolute atomic E-state index is 5.25. The molecule has 4 N–H and O–H groups in total. The number of nitrogens with one attached hydrogen (secondary N) is 4. The number of rotatable bonds is 5. The third kappa shape index (κ3) is 30.5. The van der Waals surface area contributed by atoms with Crippen molar-refractivity contribution in [3.8, 4) is 0 Å². The lowest BCUT2D eigenvalue weighted by Crippen LogP contribution is -2.46. The van der Waals surface area contributed by atoms with Gasteiger partial charge >= 0.3 is 0 Å². The van der Waals surface area contributed by atoms with E-state index in [-0.39, 0.29) is 0 Å². The van der Waals surface area contributed by atoms with E-state index >= 15 is 0 Å². The predicted molar refractivity (Wildman–Crippen MR) is 255 cm³/mol. The van der Waals surface area contributed by atoms with E-state index in [1.807, 2.05) is 69.2 Å². The van der Waals surface area contributed by atoms with Crippen molar-refractivity contribution in [1.29, 1.82) is 0 Å². The van der Waals surface area contributed by atoms with Crippen molar-refractivity contribution in [2.45, 2.75) is 196 Å². The van der Waals surface area contributed by atoms with E-state index in [1.165, 1.54) is 110 Å². The van der Waals surface area contributed by atoms with Gasteiger partial charge in [0.15, 0.2) is 0 Å². The SMILES string of the molecule is CC.CC.CC.CC.CC.CC(C)C1CC2(CCNCC2)C1.CC(C)C1CCNC1.CC(C)C1CCNCC1.CC(C)C1CCOCC1.CC(C)C1CNC1. The fourth-order valence-electron chi connectivity index (χ4n) is 7.81. The summed E-state index contributed by atoms with van der Waals surface area (Å²) in [6, 6.07) is 0. The van der Waals surface area contributed by atoms with Gasteiger partial charge in [-0.1, -0.05) is 138 Å². The molecule has 0 bridgehead atoms. The van der Waals surface area contributed by atoms with Crippen molar-refractivity contribution in [1.82, 2.24) is 21.3 Å². The highest BCUT2D eigenvalue weighted by molar-refractivity contribution is 4.97.